The van der Waals surface area contributed by atoms with E-state index in [0.29, 0.717) is 4.57 Å². The van der Waals surface area contributed by atoms with Crippen molar-refractivity contribution in [2.24, 2.45) is 0 Å². The number of aromatic nitrogens is 1. The summed E-state index contributed by atoms with van der Waals surface area (Å²) in [6, 6.07) is 2.40. The van der Waals surface area contributed by atoms with E-state index in [1.54, 1.807) is 6.92 Å². The van der Waals surface area contributed by atoms with Gasteiger partial charge in [-0.3, -0.25) is 0 Å². The Labute approximate surface area is 68.8 Å². The molecular weight excluding hydrogens is 162 g/mol. The molecule has 1 aromatic heterocycles. The van der Waals surface area contributed by atoms with Crippen LogP contribution in [0.2, 0.25) is 0 Å². The van der Waals surface area contributed by atoms with Crippen molar-refractivity contribution in [2.75, 3.05) is 6.61 Å². The van der Waals surface area contributed by atoms with E-state index in [0.717, 1.165) is 0 Å². The fourth-order valence-electron chi connectivity index (χ4n) is 0.791. The second-order valence-electron chi connectivity index (χ2n) is 2.08. The molecule has 0 atom stereocenters. The molecule has 0 saturated carbocycles. The minimum atomic E-state index is -0.794. The summed E-state index contributed by atoms with van der Waals surface area (Å²) in [7, 11) is 0. The number of nitrogens with zero attached hydrogens (tertiary/aromatic N) is 1. The number of ether oxygens (including phenoxy) is 1. The highest BCUT2D eigenvalue weighted by Crippen LogP contribution is 2.20. The van der Waals surface area contributed by atoms with Gasteiger partial charge in [-0.2, -0.15) is 4.57 Å². The van der Waals surface area contributed by atoms with Crippen molar-refractivity contribution < 1.29 is 19.7 Å². The summed E-state index contributed by atoms with van der Waals surface area (Å²) in [4.78, 5) is 11.0. The third kappa shape index (κ3) is 1.34. The summed E-state index contributed by atoms with van der Waals surface area (Å²) in [6.45, 7) is 1.82. The molecule has 1 rings (SSSR count). The van der Waals surface area contributed by atoms with Gasteiger partial charge in [0.05, 0.1) is 6.61 Å². The normalized spacial score (nSPS) is 9.75. The summed E-state index contributed by atoms with van der Waals surface area (Å²) >= 11 is 0. The van der Waals surface area contributed by atoms with E-state index in [4.69, 9.17) is 10.2 Å². The minimum absolute atomic E-state index is 0.190. The molecule has 66 valence electrons. The lowest BCUT2D eigenvalue weighted by Crippen LogP contribution is -2.12. The zero-order valence-electron chi connectivity index (χ0n) is 6.52. The van der Waals surface area contributed by atoms with Gasteiger partial charge in [0.1, 0.15) is 0 Å². The Bertz CT molecular complexity index is 272. The van der Waals surface area contributed by atoms with Gasteiger partial charge in [0.15, 0.2) is 0 Å². The van der Waals surface area contributed by atoms with Crippen molar-refractivity contribution in [3.63, 3.8) is 0 Å². The Hall–Kier alpha value is -1.65. The first-order valence-electron chi connectivity index (χ1n) is 3.43. The monoisotopic (exact) mass is 171 g/mol. The molecule has 2 N–H and O–H groups in total. The number of carbonyl (C=O) groups excluding carboxylic acids is 1. The number of aromatic hydroxyl groups is 2. The maximum absolute atomic E-state index is 11.0. The fraction of sp³-hybridized carbons (Fsp3) is 0.286. The van der Waals surface area contributed by atoms with E-state index < -0.39 is 6.09 Å². The molecule has 0 amide bonds. The average molecular weight is 171 g/mol. The van der Waals surface area contributed by atoms with E-state index in [2.05, 4.69) is 4.74 Å². The highest BCUT2D eigenvalue weighted by Gasteiger charge is 2.13. The van der Waals surface area contributed by atoms with Crippen LogP contribution in [0.3, 0.4) is 0 Å². The topological polar surface area (TPSA) is 71.7 Å². The van der Waals surface area contributed by atoms with Crippen LogP contribution in [-0.2, 0) is 4.74 Å². The lowest BCUT2D eigenvalue weighted by Gasteiger charge is -2.03. The molecule has 1 aromatic rings. The molecular formula is C7H9NO4. The maximum Gasteiger partial charge on any atom is 0.423 e. The summed E-state index contributed by atoms with van der Waals surface area (Å²) in [5.41, 5.74) is 0. The molecule has 0 unspecified atom stereocenters. The van der Waals surface area contributed by atoms with Gasteiger partial charge in [0.25, 0.3) is 0 Å². The molecule has 0 aliphatic carbocycles. The van der Waals surface area contributed by atoms with Crippen LogP contribution in [0.1, 0.15) is 6.92 Å². The Morgan fingerprint density at radius 2 is 2.00 bits per heavy atom. The number of carbonyl (C=O) groups is 1. The lowest BCUT2D eigenvalue weighted by molar-refractivity contribution is 0.148. The first-order chi connectivity index (χ1) is 5.66. The first kappa shape index (κ1) is 8.45. The van der Waals surface area contributed by atoms with Crippen LogP contribution in [0.4, 0.5) is 4.79 Å². The molecule has 12 heavy (non-hydrogen) atoms. The van der Waals surface area contributed by atoms with Crippen molar-refractivity contribution >= 4 is 6.09 Å². The van der Waals surface area contributed by atoms with Gasteiger partial charge in [0, 0.05) is 12.1 Å². The Morgan fingerprint density at radius 3 is 2.42 bits per heavy atom. The minimum Gasteiger partial charge on any atom is -0.494 e. The van der Waals surface area contributed by atoms with Gasteiger partial charge in [0.2, 0.25) is 11.8 Å². The van der Waals surface area contributed by atoms with Crippen LogP contribution in [0.5, 0.6) is 11.8 Å². The largest absolute Gasteiger partial charge is 0.494 e. The quantitative estimate of drug-likeness (QED) is 0.658. The van der Waals surface area contributed by atoms with Crippen LogP contribution in [0, 0.1) is 0 Å². The molecule has 0 radical (unpaired) electrons. The molecule has 0 aliphatic rings. The summed E-state index contributed by atoms with van der Waals surface area (Å²) in [6.07, 6.45) is -0.794. The molecule has 0 saturated heterocycles. The van der Waals surface area contributed by atoms with E-state index >= 15 is 0 Å². The van der Waals surface area contributed by atoms with E-state index in [1.165, 1.54) is 12.1 Å². The maximum atomic E-state index is 11.0. The predicted octanol–water partition coefficient (Wildman–Crippen LogP) is 0.904. The number of rotatable bonds is 1. The smallest absolute Gasteiger partial charge is 0.423 e. The first-order valence-corrected chi connectivity index (χ1v) is 3.43. The summed E-state index contributed by atoms with van der Waals surface area (Å²) in [5.74, 6) is -0.683. The van der Waals surface area contributed by atoms with E-state index in [9.17, 15) is 4.79 Å². The van der Waals surface area contributed by atoms with Crippen LogP contribution in [0.15, 0.2) is 12.1 Å². The van der Waals surface area contributed by atoms with Gasteiger partial charge in [-0.05, 0) is 6.92 Å². The van der Waals surface area contributed by atoms with E-state index in [1.807, 2.05) is 0 Å². The summed E-state index contributed by atoms with van der Waals surface area (Å²) < 4.78 is 5.22. The molecule has 0 bridgehead atoms. The zero-order chi connectivity index (χ0) is 9.14. The van der Waals surface area contributed by atoms with Crippen molar-refractivity contribution in [3.8, 4) is 11.8 Å². The standard InChI is InChI=1S/C7H9NO4/c1-2-12-7(11)8-5(9)3-4-6(8)10/h3-4,9-10H,2H2,1H3. The second-order valence-corrected chi connectivity index (χ2v) is 2.08. The molecule has 0 fully saturated rings. The van der Waals surface area contributed by atoms with Crippen LogP contribution < -0.4 is 0 Å². The molecule has 0 spiro atoms. The third-order valence-corrected chi connectivity index (χ3v) is 1.29. The van der Waals surface area contributed by atoms with Crippen molar-refractivity contribution in [2.45, 2.75) is 6.92 Å². The van der Waals surface area contributed by atoms with Gasteiger partial charge in [-0.15, -0.1) is 0 Å². The zero-order valence-corrected chi connectivity index (χ0v) is 6.52. The number of hydrogen-bond acceptors (Lipinski definition) is 4. The van der Waals surface area contributed by atoms with Gasteiger partial charge in [-0.1, -0.05) is 0 Å². The molecule has 1 heterocycles. The summed E-state index contributed by atoms with van der Waals surface area (Å²) in [5, 5.41) is 18.1. The van der Waals surface area contributed by atoms with Crippen LogP contribution in [-0.4, -0.2) is 27.5 Å². The second kappa shape index (κ2) is 3.17. The van der Waals surface area contributed by atoms with E-state index in [-0.39, 0.29) is 18.4 Å². The fourth-order valence-corrected chi connectivity index (χ4v) is 0.791. The Balaban J connectivity index is 2.93. The Kier molecular flexibility index (Phi) is 2.23. The lowest BCUT2D eigenvalue weighted by atomic mass is 10.6. The highest BCUT2D eigenvalue weighted by atomic mass is 16.6. The molecule has 5 nitrogen and oxygen atoms in total. The van der Waals surface area contributed by atoms with Crippen molar-refractivity contribution in [1.82, 2.24) is 4.57 Å². The SMILES string of the molecule is CCOC(=O)n1c(O)ccc1O. The molecule has 5 heteroatoms. The third-order valence-electron chi connectivity index (χ3n) is 1.29. The highest BCUT2D eigenvalue weighted by molar-refractivity contribution is 5.74. The van der Waals surface area contributed by atoms with Crippen molar-refractivity contribution in [3.05, 3.63) is 12.1 Å². The predicted molar refractivity (Wildman–Crippen MR) is 40.2 cm³/mol. The van der Waals surface area contributed by atoms with Crippen molar-refractivity contribution in [1.29, 1.82) is 0 Å². The molecule has 0 aliphatic heterocycles. The molecule has 0 aromatic carbocycles. The van der Waals surface area contributed by atoms with Gasteiger partial charge in [-0.25, -0.2) is 4.79 Å². The van der Waals surface area contributed by atoms with Crippen LogP contribution in [0.25, 0.3) is 0 Å². The number of hydrogen-bond donors (Lipinski definition) is 2. The van der Waals surface area contributed by atoms with Gasteiger partial charge < -0.3 is 14.9 Å². The average Bonchev–Trinajstić information content (AvgIpc) is 2.32. The van der Waals surface area contributed by atoms with Crippen LogP contribution >= 0.6 is 0 Å². The Morgan fingerprint density at radius 1 is 1.50 bits per heavy atom. The van der Waals surface area contributed by atoms with Gasteiger partial charge >= 0.3 is 6.09 Å².